The van der Waals surface area contributed by atoms with Gasteiger partial charge in [-0.2, -0.15) is 5.26 Å². The van der Waals surface area contributed by atoms with Gasteiger partial charge in [0.25, 0.3) is 5.91 Å². The number of nitriles is 1. The smallest absolute Gasteiger partial charge is 0.270 e. The van der Waals surface area contributed by atoms with Gasteiger partial charge in [-0.1, -0.05) is 41.1 Å². The van der Waals surface area contributed by atoms with Crippen LogP contribution in [0.4, 0.5) is 0 Å². The second-order valence-corrected chi connectivity index (χ2v) is 5.95. The van der Waals surface area contributed by atoms with Crippen molar-refractivity contribution >= 4 is 21.8 Å². The molecule has 1 amide bonds. The van der Waals surface area contributed by atoms with Crippen molar-refractivity contribution in [2.24, 2.45) is 7.05 Å². The van der Waals surface area contributed by atoms with Gasteiger partial charge in [0.1, 0.15) is 17.5 Å². The third-order valence-corrected chi connectivity index (χ3v) is 4.33. The second kappa shape index (κ2) is 7.28. The quantitative estimate of drug-likeness (QED) is 0.816. The van der Waals surface area contributed by atoms with Gasteiger partial charge < -0.3 is 9.47 Å². The SMILES string of the molecule is CCCN(Cc1ccccc1Br)C(=O)c1ccc(C#N)n1C. The van der Waals surface area contributed by atoms with Gasteiger partial charge in [-0.25, -0.2) is 0 Å². The molecule has 0 N–H and O–H groups in total. The van der Waals surface area contributed by atoms with Crippen molar-refractivity contribution in [2.45, 2.75) is 19.9 Å². The van der Waals surface area contributed by atoms with Gasteiger partial charge in [0.05, 0.1) is 0 Å². The summed E-state index contributed by atoms with van der Waals surface area (Å²) in [5.41, 5.74) is 2.09. The largest absolute Gasteiger partial charge is 0.333 e. The van der Waals surface area contributed by atoms with Crippen LogP contribution in [0.25, 0.3) is 0 Å². The third-order valence-electron chi connectivity index (χ3n) is 3.56. The van der Waals surface area contributed by atoms with Crippen LogP contribution in [-0.4, -0.2) is 21.9 Å². The highest BCUT2D eigenvalue weighted by molar-refractivity contribution is 9.10. The molecule has 0 atom stereocenters. The number of nitrogens with zero attached hydrogens (tertiary/aromatic N) is 3. The monoisotopic (exact) mass is 359 g/mol. The molecule has 1 aromatic carbocycles. The fourth-order valence-corrected chi connectivity index (χ4v) is 2.76. The molecule has 0 radical (unpaired) electrons. The predicted molar refractivity (Wildman–Crippen MR) is 89.3 cm³/mol. The number of carbonyl (C=O) groups is 1. The Morgan fingerprint density at radius 3 is 2.64 bits per heavy atom. The zero-order valence-electron chi connectivity index (χ0n) is 12.7. The number of benzene rings is 1. The predicted octanol–water partition coefficient (Wildman–Crippen LogP) is 3.71. The lowest BCUT2D eigenvalue weighted by molar-refractivity contribution is 0.0733. The maximum atomic E-state index is 12.8. The minimum Gasteiger partial charge on any atom is -0.333 e. The average molecular weight is 360 g/mol. The van der Waals surface area contributed by atoms with Crippen molar-refractivity contribution in [1.29, 1.82) is 5.26 Å². The summed E-state index contributed by atoms with van der Waals surface area (Å²) in [4.78, 5) is 14.6. The highest BCUT2D eigenvalue weighted by atomic mass is 79.9. The van der Waals surface area contributed by atoms with Crippen LogP contribution in [0.15, 0.2) is 40.9 Å². The molecule has 0 fully saturated rings. The summed E-state index contributed by atoms with van der Waals surface area (Å²) < 4.78 is 2.64. The summed E-state index contributed by atoms with van der Waals surface area (Å²) >= 11 is 3.52. The molecule has 1 aromatic heterocycles. The first-order valence-electron chi connectivity index (χ1n) is 7.17. The average Bonchev–Trinajstić information content (AvgIpc) is 2.89. The van der Waals surface area contributed by atoms with Crippen molar-refractivity contribution in [3.8, 4) is 6.07 Å². The van der Waals surface area contributed by atoms with Crippen molar-refractivity contribution < 1.29 is 4.79 Å². The number of hydrogen-bond acceptors (Lipinski definition) is 2. The summed E-state index contributed by atoms with van der Waals surface area (Å²) in [6, 6.07) is 13.4. The van der Waals surface area contributed by atoms with E-state index < -0.39 is 0 Å². The zero-order valence-corrected chi connectivity index (χ0v) is 14.3. The van der Waals surface area contributed by atoms with E-state index in [1.165, 1.54) is 0 Å². The standard InChI is InChI=1S/C17H18BrN3O/c1-3-10-21(12-13-6-4-5-7-15(13)18)17(22)16-9-8-14(11-19)20(16)2/h4-9H,3,10,12H2,1-2H3. The van der Waals surface area contributed by atoms with Crippen molar-refractivity contribution in [1.82, 2.24) is 9.47 Å². The number of amides is 1. The first-order chi connectivity index (χ1) is 10.6. The van der Waals surface area contributed by atoms with E-state index in [1.54, 1.807) is 23.7 Å². The Bertz CT molecular complexity index is 715. The molecule has 1 heterocycles. The van der Waals surface area contributed by atoms with Crippen molar-refractivity contribution in [3.63, 3.8) is 0 Å². The molecule has 0 aliphatic rings. The Balaban J connectivity index is 2.27. The van der Waals surface area contributed by atoms with Crippen molar-refractivity contribution in [2.75, 3.05) is 6.54 Å². The fourth-order valence-electron chi connectivity index (χ4n) is 2.35. The van der Waals surface area contributed by atoms with Gasteiger partial charge in [-0.15, -0.1) is 0 Å². The molecule has 4 nitrogen and oxygen atoms in total. The molecule has 0 bridgehead atoms. The maximum absolute atomic E-state index is 12.8. The summed E-state index contributed by atoms with van der Waals surface area (Å²) in [5.74, 6) is -0.0541. The Morgan fingerprint density at radius 1 is 1.32 bits per heavy atom. The van der Waals surface area contributed by atoms with E-state index in [0.717, 1.165) is 16.5 Å². The van der Waals surface area contributed by atoms with Gasteiger partial charge in [0.2, 0.25) is 0 Å². The van der Waals surface area contributed by atoms with Crippen LogP contribution in [0, 0.1) is 11.3 Å². The maximum Gasteiger partial charge on any atom is 0.270 e. The minimum absolute atomic E-state index is 0.0541. The van der Waals surface area contributed by atoms with Gasteiger partial charge in [0.15, 0.2) is 0 Å². The number of halogens is 1. The molecule has 114 valence electrons. The molecule has 2 rings (SSSR count). The lowest BCUT2D eigenvalue weighted by Gasteiger charge is -2.23. The van der Waals surface area contributed by atoms with Crippen LogP contribution in [0.5, 0.6) is 0 Å². The van der Waals surface area contributed by atoms with Gasteiger partial charge >= 0.3 is 0 Å². The van der Waals surface area contributed by atoms with E-state index in [9.17, 15) is 4.79 Å². The molecule has 0 aliphatic heterocycles. The van der Waals surface area contributed by atoms with Crippen molar-refractivity contribution in [3.05, 3.63) is 57.8 Å². The van der Waals surface area contributed by atoms with Gasteiger partial charge in [0, 0.05) is 24.6 Å². The molecule has 0 saturated carbocycles. The minimum atomic E-state index is -0.0541. The summed E-state index contributed by atoms with van der Waals surface area (Å²) in [5, 5.41) is 9.03. The van der Waals surface area contributed by atoms with Crippen LogP contribution in [0.3, 0.4) is 0 Å². The van der Waals surface area contributed by atoms with Gasteiger partial charge in [-0.3, -0.25) is 4.79 Å². The van der Waals surface area contributed by atoms with E-state index in [0.29, 0.717) is 24.5 Å². The molecule has 0 spiro atoms. The van der Waals surface area contributed by atoms with E-state index in [-0.39, 0.29) is 5.91 Å². The molecular formula is C17H18BrN3O. The molecule has 5 heteroatoms. The summed E-state index contributed by atoms with van der Waals surface area (Å²) in [6.45, 7) is 3.26. The Morgan fingerprint density at radius 2 is 2.05 bits per heavy atom. The van der Waals surface area contributed by atoms with Crippen LogP contribution >= 0.6 is 15.9 Å². The van der Waals surface area contributed by atoms with Crippen LogP contribution in [0.1, 0.15) is 35.1 Å². The number of hydrogen-bond donors (Lipinski definition) is 0. The molecule has 22 heavy (non-hydrogen) atoms. The number of rotatable bonds is 5. The molecule has 2 aromatic rings. The highest BCUT2D eigenvalue weighted by Crippen LogP contribution is 2.19. The fraction of sp³-hybridized carbons (Fsp3) is 0.294. The normalized spacial score (nSPS) is 10.3. The molecule has 0 saturated heterocycles. The van der Waals surface area contributed by atoms with Crippen LogP contribution < -0.4 is 0 Å². The first-order valence-corrected chi connectivity index (χ1v) is 7.96. The second-order valence-electron chi connectivity index (χ2n) is 5.09. The topological polar surface area (TPSA) is 49.0 Å². The molecule has 0 unspecified atom stereocenters. The van der Waals surface area contributed by atoms with E-state index in [1.807, 2.05) is 36.1 Å². The van der Waals surface area contributed by atoms with E-state index in [2.05, 4.69) is 22.0 Å². The number of carbonyl (C=O) groups excluding carboxylic acids is 1. The Kier molecular flexibility index (Phi) is 5.40. The van der Waals surface area contributed by atoms with Crippen LogP contribution in [-0.2, 0) is 13.6 Å². The first kappa shape index (κ1) is 16.3. The number of aromatic nitrogens is 1. The van der Waals surface area contributed by atoms with Gasteiger partial charge in [-0.05, 0) is 30.2 Å². The zero-order chi connectivity index (χ0) is 16.1. The van der Waals surface area contributed by atoms with E-state index in [4.69, 9.17) is 5.26 Å². The molecule has 0 aliphatic carbocycles. The summed E-state index contributed by atoms with van der Waals surface area (Å²) in [6.07, 6.45) is 0.881. The Labute approximate surface area is 139 Å². The molecular weight excluding hydrogens is 342 g/mol. The lowest BCUT2D eigenvalue weighted by Crippen LogP contribution is -2.32. The van der Waals surface area contributed by atoms with Crippen LogP contribution in [0.2, 0.25) is 0 Å². The summed E-state index contributed by atoms with van der Waals surface area (Å²) in [7, 11) is 1.74. The third kappa shape index (κ3) is 3.40. The highest BCUT2D eigenvalue weighted by Gasteiger charge is 2.20. The lowest BCUT2D eigenvalue weighted by atomic mass is 10.2. The van der Waals surface area contributed by atoms with E-state index >= 15 is 0 Å². The Hall–Kier alpha value is -2.06.